The summed E-state index contributed by atoms with van der Waals surface area (Å²) in [7, 11) is 0. The van der Waals surface area contributed by atoms with Crippen molar-refractivity contribution in [3.05, 3.63) is 34.2 Å². The van der Waals surface area contributed by atoms with Gasteiger partial charge < -0.3 is 15.2 Å². The number of amides is 1. The molecule has 1 saturated carbocycles. The summed E-state index contributed by atoms with van der Waals surface area (Å²) in [6.45, 7) is 7.55. The zero-order valence-corrected chi connectivity index (χ0v) is 18.3. The quantitative estimate of drug-likeness (QED) is 0.757. The fourth-order valence-corrected chi connectivity index (χ4v) is 4.67. The van der Waals surface area contributed by atoms with Crippen LogP contribution in [0.2, 0.25) is 0 Å². The fourth-order valence-electron chi connectivity index (χ4n) is 4.67. The van der Waals surface area contributed by atoms with E-state index in [4.69, 9.17) is 4.74 Å². The average molecular weight is 429 g/mol. The Morgan fingerprint density at radius 3 is 2.77 bits per heavy atom. The van der Waals surface area contributed by atoms with E-state index in [1.54, 1.807) is 18.3 Å². The molecule has 4 rings (SSSR count). The minimum atomic E-state index is -0.499. The van der Waals surface area contributed by atoms with Crippen LogP contribution in [-0.4, -0.2) is 63.9 Å². The standard InChI is InChI=1S/C23H32N4O4/c1-15-5-7-17(8-6-15)25-22(29)19-20(28)18-4-3-9-24-21(18)27(23(19)30)11-10-26-12-13-31-16(2)14-26/h3-4,9,15-17,28H,5-8,10-14H2,1-2H3,(H,25,29)/t15?,16-,17?/m0/s1. The number of ether oxygens (including phenoxy) is 1. The molecule has 0 radical (unpaired) electrons. The third kappa shape index (κ3) is 4.75. The normalized spacial score (nSPS) is 24.9. The molecule has 31 heavy (non-hydrogen) atoms. The first-order valence-electron chi connectivity index (χ1n) is 11.3. The summed E-state index contributed by atoms with van der Waals surface area (Å²) in [6.07, 6.45) is 5.65. The lowest BCUT2D eigenvalue weighted by Gasteiger charge is -2.31. The minimum Gasteiger partial charge on any atom is -0.506 e. The molecule has 2 fully saturated rings. The van der Waals surface area contributed by atoms with Gasteiger partial charge in [-0.25, -0.2) is 4.98 Å². The van der Waals surface area contributed by atoms with Crippen molar-refractivity contribution >= 4 is 16.9 Å². The number of carbonyl (C=O) groups is 1. The van der Waals surface area contributed by atoms with E-state index in [-0.39, 0.29) is 23.5 Å². The number of nitrogens with one attached hydrogen (secondary N) is 1. The predicted molar refractivity (Wildman–Crippen MR) is 118 cm³/mol. The number of carbonyl (C=O) groups excluding carboxylic acids is 1. The van der Waals surface area contributed by atoms with Crippen molar-refractivity contribution in [2.24, 2.45) is 5.92 Å². The lowest BCUT2D eigenvalue weighted by atomic mass is 9.87. The molecular weight excluding hydrogens is 396 g/mol. The fraction of sp³-hybridized carbons (Fsp3) is 0.609. The second-order valence-electron chi connectivity index (χ2n) is 8.97. The van der Waals surface area contributed by atoms with E-state index >= 15 is 0 Å². The van der Waals surface area contributed by atoms with Gasteiger partial charge in [-0.3, -0.25) is 19.1 Å². The smallest absolute Gasteiger partial charge is 0.268 e. The first-order chi connectivity index (χ1) is 14.9. The van der Waals surface area contributed by atoms with Gasteiger partial charge in [0.05, 0.1) is 18.1 Å². The van der Waals surface area contributed by atoms with Gasteiger partial charge in [-0.15, -0.1) is 0 Å². The molecule has 8 heteroatoms. The summed E-state index contributed by atoms with van der Waals surface area (Å²) in [5.74, 6) is -0.124. The number of aromatic nitrogens is 2. The highest BCUT2D eigenvalue weighted by Crippen LogP contribution is 2.27. The topological polar surface area (TPSA) is 96.7 Å². The SMILES string of the molecule is CC1CCC(NC(=O)c2c(O)c3cccnc3n(CCN3CCO[C@@H](C)C3)c2=O)CC1. The molecular formula is C23H32N4O4. The molecule has 2 N–H and O–H groups in total. The molecule has 2 aromatic rings. The molecule has 1 aliphatic carbocycles. The largest absolute Gasteiger partial charge is 0.506 e. The van der Waals surface area contributed by atoms with E-state index in [0.29, 0.717) is 36.6 Å². The maximum atomic E-state index is 13.3. The number of pyridine rings is 2. The summed E-state index contributed by atoms with van der Waals surface area (Å²) in [5.41, 5.74) is -0.282. The van der Waals surface area contributed by atoms with Gasteiger partial charge in [-0.05, 0) is 50.7 Å². The van der Waals surface area contributed by atoms with Crippen molar-refractivity contribution in [3.8, 4) is 5.75 Å². The van der Waals surface area contributed by atoms with Crippen LogP contribution >= 0.6 is 0 Å². The van der Waals surface area contributed by atoms with Crippen LogP contribution in [0, 0.1) is 5.92 Å². The van der Waals surface area contributed by atoms with E-state index in [1.165, 1.54) is 4.57 Å². The van der Waals surface area contributed by atoms with E-state index in [0.717, 1.165) is 38.8 Å². The molecule has 2 aliphatic rings. The zero-order chi connectivity index (χ0) is 22.0. The van der Waals surface area contributed by atoms with E-state index in [1.807, 2.05) is 6.92 Å². The van der Waals surface area contributed by atoms with Crippen LogP contribution in [0.5, 0.6) is 5.75 Å². The van der Waals surface area contributed by atoms with Crippen LogP contribution in [0.25, 0.3) is 11.0 Å². The van der Waals surface area contributed by atoms with Gasteiger partial charge in [-0.1, -0.05) is 6.92 Å². The van der Waals surface area contributed by atoms with Gasteiger partial charge >= 0.3 is 0 Å². The molecule has 1 atom stereocenters. The molecule has 2 aromatic heterocycles. The average Bonchev–Trinajstić information content (AvgIpc) is 2.75. The Morgan fingerprint density at radius 1 is 1.26 bits per heavy atom. The van der Waals surface area contributed by atoms with Gasteiger partial charge in [-0.2, -0.15) is 0 Å². The Labute approximate surface area is 182 Å². The van der Waals surface area contributed by atoms with Crippen molar-refractivity contribution in [3.63, 3.8) is 0 Å². The van der Waals surface area contributed by atoms with E-state index in [2.05, 4.69) is 22.1 Å². The third-order valence-electron chi connectivity index (χ3n) is 6.54. The van der Waals surface area contributed by atoms with Crippen LogP contribution < -0.4 is 10.9 Å². The lowest BCUT2D eigenvalue weighted by molar-refractivity contribution is -0.0191. The molecule has 3 heterocycles. The second kappa shape index (κ2) is 9.36. The molecule has 0 aromatic carbocycles. The zero-order valence-electron chi connectivity index (χ0n) is 18.3. The number of hydrogen-bond donors (Lipinski definition) is 2. The highest BCUT2D eigenvalue weighted by molar-refractivity contribution is 6.01. The highest BCUT2D eigenvalue weighted by atomic mass is 16.5. The Hall–Kier alpha value is -2.45. The molecule has 1 aliphatic heterocycles. The Morgan fingerprint density at radius 2 is 2.03 bits per heavy atom. The Balaban J connectivity index is 1.62. The maximum Gasteiger partial charge on any atom is 0.268 e. The molecule has 0 spiro atoms. The number of rotatable bonds is 5. The lowest BCUT2D eigenvalue weighted by Crippen LogP contribution is -2.44. The number of nitrogens with zero attached hydrogens (tertiary/aromatic N) is 3. The van der Waals surface area contributed by atoms with E-state index < -0.39 is 11.5 Å². The van der Waals surface area contributed by atoms with Crippen LogP contribution in [0.1, 0.15) is 49.9 Å². The van der Waals surface area contributed by atoms with Crippen LogP contribution in [0.4, 0.5) is 0 Å². The second-order valence-corrected chi connectivity index (χ2v) is 8.97. The monoisotopic (exact) mass is 428 g/mol. The summed E-state index contributed by atoms with van der Waals surface area (Å²) >= 11 is 0. The Kier molecular flexibility index (Phi) is 6.57. The van der Waals surface area contributed by atoms with Crippen molar-refractivity contribution in [2.45, 2.75) is 58.2 Å². The molecule has 168 valence electrons. The Bertz CT molecular complexity index is 997. The van der Waals surface area contributed by atoms with Crippen LogP contribution in [0.3, 0.4) is 0 Å². The van der Waals surface area contributed by atoms with Gasteiger partial charge in [0.25, 0.3) is 11.5 Å². The number of morpholine rings is 1. The van der Waals surface area contributed by atoms with Crippen molar-refractivity contribution in [2.75, 3.05) is 26.2 Å². The number of hydrogen-bond acceptors (Lipinski definition) is 6. The first-order valence-corrected chi connectivity index (χ1v) is 11.3. The summed E-state index contributed by atoms with van der Waals surface area (Å²) in [4.78, 5) is 33.0. The van der Waals surface area contributed by atoms with Gasteiger partial charge in [0.1, 0.15) is 17.0 Å². The van der Waals surface area contributed by atoms with Crippen LogP contribution in [0.15, 0.2) is 23.1 Å². The maximum absolute atomic E-state index is 13.3. The summed E-state index contributed by atoms with van der Waals surface area (Å²) in [5, 5.41) is 14.2. The summed E-state index contributed by atoms with van der Waals surface area (Å²) in [6, 6.07) is 3.43. The molecule has 8 nitrogen and oxygen atoms in total. The summed E-state index contributed by atoms with van der Waals surface area (Å²) < 4.78 is 7.11. The van der Waals surface area contributed by atoms with Crippen molar-refractivity contribution < 1.29 is 14.6 Å². The predicted octanol–water partition coefficient (Wildman–Crippen LogP) is 2.13. The molecule has 1 amide bonds. The molecule has 1 saturated heterocycles. The van der Waals surface area contributed by atoms with Crippen molar-refractivity contribution in [1.29, 1.82) is 0 Å². The van der Waals surface area contributed by atoms with Crippen LogP contribution in [-0.2, 0) is 11.3 Å². The minimum absolute atomic E-state index is 0.0374. The third-order valence-corrected chi connectivity index (χ3v) is 6.54. The number of aromatic hydroxyl groups is 1. The van der Waals surface area contributed by atoms with Gasteiger partial charge in [0.15, 0.2) is 0 Å². The molecule has 0 bridgehead atoms. The van der Waals surface area contributed by atoms with Crippen molar-refractivity contribution in [1.82, 2.24) is 19.8 Å². The van der Waals surface area contributed by atoms with Gasteiger partial charge in [0.2, 0.25) is 0 Å². The van der Waals surface area contributed by atoms with E-state index in [9.17, 15) is 14.7 Å². The van der Waals surface area contributed by atoms with Gasteiger partial charge in [0, 0.05) is 38.4 Å². The highest BCUT2D eigenvalue weighted by Gasteiger charge is 2.27. The molecule has 0 unspecified atom stereocenters. The first kappa shape index (κ1) is 21.8. The number of fused-ring (bicyclic) bond motifs is 1.